The summed E-state index contributed by atoms with van der Waals surface area (Å²) in [7, 11) is 1.60. The van der Waals surface area contributed by atoms with Crippen LogP contribution in [0, 0.1) is 0 Å². The van der Waals surface area contributed by atoms with E-state index in [0.29, 0.717) is 11.4 Å². The van der Waals surface area contributed by atoms with Crippen molar-refractivity contribution in [1.82, 2.24) is 0 Å². The van der Waals surface area contributed by atoms with Gasteiger partial charge in [0.05, 0.1) is 12.8 Å². The molecule has 0 aliphatic carbocycles. The van der Waals surface area contributed by atoms with Gasteiger partial charge in [0.2, 0.25) is 0 Å². The summed E-state index contributed by atoms with van der Waals surface area (Å²) < 4.78 is 10.8. The van der Waals surface area contributed by atoms with Crippen molar-refractivity contribution in [3.8, 4) is 11.5 Å². The first-order valence-corrected chi connectivity index (χ1v) is 6.20. The number of fused-ring (bicyclic) bond motifs is 1. The number of nitrogens with one attached hydrogen (secondary N) is 1. The molecule has 0 bridgehead atoms. The van der Waals surface area contributed by atoms with Crippen LogP contribution in [-0.2, 0) is 4.79 Å². The van der Waals surface area contributed by atoms with Crippen LogP contribution in [0.2, 0.25) is 0 Å². The van der Waals surface area contributed by atoms with Gasteiger partial charge in [0.1, 0.15) is 5.75 Å². The fourth-order valence-electron chi connectivity index (χ4n) is 1.99. The Balaban J connectivity index is 1.94. The van der Waals surface area contributed by atoms with Crippen molar-refractivity contribution in [1.29, 1.82) is 0 Å². The van der Waals surface area contributed by atoms with Crippen LogP contribution < -0.4 is 14.8 Å². The predicted molar refractivity (Wildman–Crippen MR) is 76.7 cm³/mol. The summed E-state index contributed by atoms with van der Waals surface area (Å²) in [6, 6.07) is 14.7. The van der Waals surface area contributed by atoms with E-state index >= 15 is 0 Å². The number of anilines is 1. The summed E-state index contributed by atoms with van der Waals surface area (Å²) in [5, 5.41) is 2.80. The van der Waals surface area contributed by atoms with Gasteiger partial charge in [0.15, 0.2) is 11.5 Å². The average Bonchev–Trinajstić information content (AvgIpc) is 2.48. The molecule has 4 heteroatoms. The highest BCUT2D eigenvalue weighted by Crippen LogP contribution is 2.30. The van der Waals surface area contributed by atoms with Crippen molar-refractivity contribution >= 4 is 17.7 Å². The average molecular weight is 267 g/mol. The van der Waals surface area contributed by atoms with Gasteiger partial charge in [-0.15, -0.1) is 0 Å². The standard InChI is InChI=1S/C16H13NO3/c1-19-12-6-4-5-11(9-12)10-15-16(18)17-13-7-2-3-8-14(13)20-15/h2-10H,1H3,(H,17,18). The molecule has 1 N–H and O–H groups in total. The van der Waals surface area contributed by atoms with Crippen LogP contribution in [0.5, 0.6) is 11.5 Å². The fraction of sp³-hybridized carbons (Fsp3) is 0.0625. The number of benzene rings is 2. The zero-order chi connectivity index (χ0) is 13.9. The van der Waals surface area contributed by atoms with Gasteiger partial charge in [-0.2, -0.15) is 0 Å². The summed E-state index contributed by atoms with van der Waals surface area (Å²) in [5.74, 6) is 1.38. The normalized spacial score (nSPS) is 15.2. The summed E-state index contributed by atoms with van der Waals surface area (Å²) in [6.45, 7) is 0. The number of rotatable bonds is 2. The number of hydrogen-bond donors (Lipinski definition) is 1. The molecule has 1 aliphatic rings. The van der Waals surface area contributed by atoms with Gasteiger partial charge in [0, 0.05) is 0 Å². The first-order chi connectivity index (χ1) is 9.76. The Hall–Kier alpha value is -2.75. The molecule has 0 fully saturated rings. The molecule has 3 rings (SSSR count). The first-order valence-electron chi connectivity index (χ1n) is 6.20. The molecule has 1 aliphatic heterocycles. The Morgan fingerprint density at radius 1 is 1.15 bits per heavy atom. The van der Waals surface area contributed by atoms with Gasteiger partial charge < -0.3 is 14.8 Å². The van der Waals surface area contributed by atoms with Crippen molar-refractivity contribution in [2.75, 3.05) is 12.4 Å². The lowest BCUT2D eigenvalue weighted by atomic mass is 10.1. The molecule has 0 radical (unpaired) electrons. The zero-order valence-corrected chi connectivity index (χ0v) is 10.9. The van der Waals surface area contributed by atoms with Gasteiger partial charge in [-0.1, -0.05) is 24.3 Å². The molecule has 2 aromatic rings. The van der Waals surface area contributed by atoms with E-state index < -0.39 is 0 Å². The second-order valence-electron chi connectivity index (χ2n) is 4.34. The van der Waals surface area contributed by atoms with Gasteiger partial charge in [-0.25, -0.2) is 0 Å². The molecule has 0 saturated carbocycles. The maximum atomic E-state index is 12.0. The lowest BCUT2D eigenvalue weighted by Crippen LogP contribution is -2.23. The first kappa shape index (κ1) is 12.3. The van der Waals surface area contributed by atoms with E-state index in [1.54, 1.807) is 19.3 Å². The van der Waals surface area contributed by atoms with Crippen molar-refractivity contribution < 1.29 is 14.3 Å². The Kier molecular flexibility index (Phi) is 3.13. The molecular formula is C16H13NO3. The Morgan fingerprint density at radius 3 is 2.85 bits per heavy atom. The maximum Gasteiger partial charge on any atom is 0.291 e. The fourth-order valence-corrected chi connectivity index (χ4v) is 1.99. The topological polar surface area (TPSA) is 47.6 Å². The van der Waals surface area contributed by atoms with E-state index in [4.69, 9.17) is 9.47 Å². The minimum absolute atomic E-state index is 0.258. The van der Waals surface area contributed by atoms with Crippen LogP contribution in [-0.4, -0.2) is 13.0 Å². The molecule has 1 heterocycles. The predicted octanol–water partition coefficient (Wildman–Crippen LogP) is 3.07. The maximum absolute atomic E-state index is 12.0. The molecule has 0 aromatic heterocycles. The zero-order valence-electron chi connectivity index (χ0n) is 10.9. The second-order valence-corrected chi connectivity index (χ2v) is 4.34. The van der Waals surface area contributed by atoms with Gasteiger partial charge >= 0.3 is 0 Å². The molecule has 100 valence electrons. The van der Waals surface area contributed by atoms with Crippen molar-refractivity contribution in [2.45, 2.75) is 0 Å². The number of ether oxygens (including phenoxy) is 2. The van der Waals surface area contributed by atoms with Crippen LogP contribution in [0.25, 0.3) is 6.08 Å². The Bertz CT molecular complexity index is 692. The largest absolute Gasteiger partial charge is 0.497 e. The highest BCUT2D eigenvalue weighted by Gasteiger charge is 2.21. The molecule has 0 unspecified atom stereocenters. The molecular weight excluding hydrogens is 254 g/mol. The van der Waals surface area contributed by atoms with E-state index in [1.807, 2.05) is 42.5 Å². The Morgan fingerprint density at radius 2 is 2.00 bits per heavy atom. The van der Waals surface area contributed by atoms with E-state index in [1.165, 1.54) is 0 Å². The minimum atomic E-state index is -0.258. The SMILES string of the molecule is COc1cccc(C=C2Oc3ccccc3NC2=O)c1. The number of para-hydroxylation sites is 2. The minimum Gasteiger partial charge on any atom is -0.497 e. The van der Waals surface area contributed by atoms with Crippen molar-refractivity contribution in [2.24, 2.45) is 0 Å². The summed E-state index contributed by atoms with van der Waals surface area (Å²) >= 11 is 0. The molecule has 2 aromatic carbocycles. The number of amides is 1. The van der Waals surface area contributed by atoms with E-state index in [-0.39, 0.29) is 11.7 Å². The smallest absolute Gasteiger partial charge is 0.291 e. The van der Waals surface area contributed by atoms with E-state index in [0.717, 1.165) is 11.3 Å². The molecule has 4 nitrogen and oxygen atoms in total. The number of methoxy groups -OCH3 is 1. The number of carbonyl (C=O) groups is 1. The third-order valence-corrected chi connectivity index (χ3v) is 2.97. The third-order valence-electron chi connectivity index (χ3n) is 2.97. The van der Waals surface area contributed by atoms with Crippen LogP contribution in [0.15, 0.2) is 54.3 Å². The van der Waals surface area contributed by atoms with Gasteiger partial charge in [-0.3, -0.25) is 4.79 Å². The molecule has 0 spiro atoms. The van der Waals surface area contributed by atoms with Crippen LogP contribution in [0.1, 0.15) is 5.56 Å². The van der Waals surface area contributed by atoms with Gasteiger partial charge in [0.25, 0.3) is 5.91 Å². The van der Waals surface area contributed by atoms with Gasteiger partial charge in [-0.05, 0) is 35.9 Å². The molecule has 1 amide bonds. The van der Waals surface area contributed by atoms with Crippen LogP contribution in [0.4, 0.5) is 5.69 Å². The highest BCUT2D eigenvalue weighted by atomic mass is 16.5. The quantitative estimate of drug-likeness (QED) is 0.851. The van der Waals surface area contributed by atoms with Crippen LogP contribution >= 0.6 is 0 Å². The number of carbonyl (C=O) groups excluding carboxylic acids is 1. The lowest BCUT2D eigenvalue weighted by molar-refractivity contribution is -0.115. The summed E-state index contributed by atoms with van der Waals surface area (Å²) in [4.78, 5) is 12.0. The summed E-state index contributed by atoms with van der Waals surface area (Å²) in [5.41, 5.74) is 1.52. The van der Waals surface area contributed by atoms with Crippen molar-refractivity contribution in [3.05, 3.63) is 59.9 Å². The number of hydrogen-bond acceptors (Lipinski definition) is 3. The molecule has 20 heavy (non-hydrogen) atoms. The van der Waals surface area contributed by atoms with E-state index in [9.17, 15) is 4.79 Å². The third kappa shape index (κ3) is 2.36. The highest BCUT2D eigenvalue weighted by molar-refractivity contribution is 6.08. The van der Waals surface area contributed by atoms with E-state index in [2.05, 4.69) is 5.32 Å². The van der Waals surface area contributed by atoms with Crippen molar-refractivity contribution in [3.63, 3.8) is 0 Å². The molecule has 0 saturated heterocycles. The lowest BCUT2D eigenvalue weighted by Gasteiger charge is -2.19. The summed E-state index contributed by atoms with van der Waals surface area (Å²) in [6.07, 6.45) is 1.69. The molecule has 0 atom stereocenters. The van der Waals surface area contributed by atoms with Crippen LogP contribution in [0.3, 0.4) is 0 Å². The Labute approximate surface area is 116 Å². The monoisotopic (exact) mass is 267 g/mol. The second kappa shape index (κ2) is 5.09.